The van der Waals surface area contributed by atoms with Crippen molar-refractivity contribution in [3.05, 3.63) is 28.3 Å². The molecule has 0 aliphatic carbocycles. The van der Waals surface area contributed by atoms with E-state index in [9.17, 15) is 9.59 Å². The van der Waals surface area contributed by atoms with E-state index in [4.69, 9.17) is 16.3 Å². The first-order valence-corrected chi connectivity index (χ1v) is 4.42. The molecule has 0 N–H and O–H groups in total. The first-order chi connectivity index (χ1) is 7.13. The fourth-order valence-corrected chi connectivity index (χ4v) is 1.46. The number of aldehydes is 1. The molecule has 5 heteroatoms. The zero-order valence-electron chi connectivity index (χ0n) is 8.24. The number of rotatable bonds is 3. The molecule has 0 heterocycles. The van der Waals surface area contributed by atoms with Gasteiger partial charge in [-0.3, -0.25) is 4.79 Å². The number of hydrogen-bond acceptors (Lipinski definition) is 4. The fourth-order valence-electron chi connectivity index (χ4n) is 1.15. The maximum absolute atomic E-state index is 11.2. The molecular weight excluding hydrogens is 220 g/mol. The van der Waals surface area contributed by atoms with Gasteiger partial charge < -0.3 is 9.47 Å². The standard InChI is InChI=1S/C10H9ClO4/c1-14-9-7(5-12)3-6(4-8(9)11)10(13)15-2/h3-5H,1-2H3. The first-order valence-electron chi connectivity index (χ1n) is 4.05. The second kappa shape index (κ2) is 4.79. The predicted octanol–water partition coefficient (Wildman–Crippen LogP) is 1.95. The lowest BCUT2D eigenvalue weighted by atomic mass is 10.1. The Balaban J connectivity index is 3.31. The van der Waals surface area contributed by atoms with E-state index in [1.54, 1.807) is 0 Å². The van der Waals surface area contributed by atoms with Gasteiger partial charge in [0.1, 0.15) is 5.75 Å². The highest BCUT2D eigenvalue weighted by molar-refractivity contribution is 6.32. The van der Waals surface area contributed by atoms with Crippen LogP contribution in [0, 0.1) is 0 Å². The van der Waals surface area contributed by atoms with Crippen molar-refractivity contribution >= 4 is 23.9 Å². The monoisotopic (exact) mass is 228 g/mol. The molecule has 0 saturated heterocycles. The average Bonchev–Trinajstić information content (AvgIpc) is 2.26. The Hall–Kier alpha value is -1.55. The lowest BCUT2D eigenvalue weighted by Crippen LogP contribution is -2.03. The van der Waals surface area contributed by atoms with Crippen molar-refractivity contribution in [3.63, 3.8) is 0 Å². The van der Waals surface area contributed by atoms with Gasteiger partial charge in [0, 0.05) is 0 Å². The molecule has 0 saturated carbocycles. The molecule has 1 aromatic rings. The Kier molecular flexibility index (Phi) is 3.68. The van der Waals surface area contributed by atoms with Crippen molar-refractivity contribution in [2.24, 2.45) is 0 Å². The lowest BCUT2D eigenvalue weighted by molar-refractivity contribution is 0.0600. The molecule has 0 unspecified atom stereocenters. The maximum Gasteiger partial charge on any atom is 0.337 e. The van der Waals surface area contributed by atoms with Gasteiger partial charge in [-0.05, 0) is 12.1 Å². The Labute approximate surface area is 91.7 Å². The normalized spacial score (nSPS) is 9.53. The summed E-state index contributed by atoms with van der Waals surface area (Å²) in [7, 11) is 2.65. The van der Waals surface area contributed by atoms with Crippen LogP contribution >= 0.6 is 11.6 Å². The molecule has 0 spiro atoms. The molecule has 4 nitrogen and oxygen atoms in total. The molecule has 80 valence electrons. The number of carbonyl (C=O) groups is 2. The number of benzene rings is 1. The van der Waals surface area contributed by atoms with Gasteiger partial charge >= 0.3 is 5.97 Å². The highest BCUT2D eigenvalue weighted by Crippen LogP contribution is 2.29. The quantitative estimate of drug-likeness (QED) is 0.586. The number of halogens is 1. The first kappa shape index (κ1) is 11.5. The fraction of sp³-hybridized carbons (Fsp3) is 0.200. The van der Waals surface area contributed by atoms with Gasteiger partial charge in [0.2, 0.25) is 0 Å². The van der Waals surface area contributed by atoms with Gasteiger partial charge in [-0.25, -0.2) is 4.79 Å². The Bertz CT molecular complexity index is 401. The topological polar surface area (TPSA) is 52.6 Å². The van der Waals surface area contributed by atoms with E-state index in [0.29, 0.717) is 6.29 Å². The lowest BCUT2D eigenvalue weighted by Gasteiger charge is -2.07. The summed E-state index contributed by atoms with van der Waals surface area (Å²) in [6.07, 6.45) is 0.567. The zero-order valence-corrected chi connectivity index (χ0v) is 9.00. The third-order valence-electron chi connectivity index (χ3n) is 1.82. The van der Waals surface area contributed by atoms with E-state index < -0.39 is 5.97 Å². The van der Waals surface area contributed by atoms with Crippen LogP contribution in [0.25, 0.3) is 0 Å². The highest BCUT2D eigenvalue weighted by atomic mass is 35.5. The molecule has 0 bridgehead atoms. The summed E-state index contributed by atoms with van der Waals surface area (Å²) < 4.78 is 9.43. The number of methoxy groups -OCH3 is 2. The van der Waals surface area contributed by atoms with Crippen LogP contribution in [0.4, 0.5) is 0 Å². The molecule has 1 rings (SSSR count). The number of hydrogen-bond donors (Lipinski definition) is 0. The second-order valence-electron chi connectivity index (χ2n) is 2.69. The maximum atomic E-state index is 11.2. The second-order valence-corrected chi connectivity index (χ2v) is 3.10. The van der Waals surface area contributed by atoms with E-state index in [2.05, 4.69) is 4.74 Å². The molecule has 0 fully saturated rings. The third-order valence-corrected chi connectivity index (χ3v) is 2.11. The summed E-state index contributed by atoms with van der Waals surface area (Å²) in [5.41, 5.74) is 0.427. The van der Waals surface area contributed by atoms with Crippen LogP contribution < -0.4 is 4.74 Å². The van der Waals surface area contributed by atoms with Crippen LogP contribution in [0.1, 0.15) is 20.7 Å². The van der Waals surface area contributed by atoms with Gasteiger partial charge in [0.05, 0.1) is 30.4 Å². The minimum Gasteiger partial charge on any atom is -0.494 e. The van der Waals surface area contributed by atoms with Crippen LogP contribution in [-0.2, 0) is 4.74 Å². The minimum atomic E-state index is -0.553. The van der Waals surface area contributed by atoms with E-state index in [-0.39, 0.29) is 21.9 Å². The summed E-state index contributed by atoms with van der Waals surface area (Å²) in [6, 6.07) is 2.75. The molecular formula is C10H9ClO4. The predicted molar refractivity (Wildman–Crippen MR) is 54.7 cm³/mol. The minimum absolute atomic E-state index is 0.197. The molecule has 15 heavy (non-hydrogen) atoms. The van der Waals surface area contributed by atoms with Crippen LogP contribution in [0.2, 0.25) is 5.02 Å². The Morgan fingerprint density at radius 3 is 2.53 bits per heavy atom. The smallest absolute Gasteiger partial charge is 0.337 e. The molecule has 0 radical (unpaired) electrons. The summed E-state index contributed by atoms with van der Waals surface area (Å²) in [6.45, 7) is 0. The van der Waals surface area contributed by atoms with Crippen LogP contribution in [0.3, 0.4) is 0 Å². The Morgan fingerprint density at radius 1 is 1.40 bits per heavy atom. The SMILES string of the molecule is COC(=O)c1cc(Cl)c(OC)c(C=O)c1. The van der Waals surface area contributed by atoms with Crippen molar-refractivity contribution in [1.82, 2.24) is 0 Å². The molecule has 0 amide bonds. The van der Waals surface area contributed by atoms with Gasteiger partial charge in [-0.2, -0.15) is 0 Å². The number of carbonyl (C=O) groups excluding carboxylic acids is 2. The van der Waals surface area contributed by atoms with Gasteiger partial charge in [0.15, 0.2) is 6.29 Å². The zero-order chi connectivity index (χ0) is 11.4. The Morgan fingerprint density at radius 2 is 2.07 bits per heavy atom. The van der Waals surface area contributed by atoms with Crippen LogP contribution in [0.5, 0.6) is 5.75 Å². The van der Waals surface area contributed by atoms with Crippen LogP contribution in [0.15, 0.2) is 12.1 Å². The van der Waals surface area contributed by atoms with Crippen molar-refractivity contribution in [2.75, 3.05) is 14.2 Å². The van der Waals surface area contributed by atoms with Gasteiger partial charge in [-0.15, -0.1) is 0 Å². The average molecular weight is 229 g/mol. The molecule has 0 aromatic heterocycles. The van der Waals surface area contributed by atoms with E-state index in [1.807, 2.05) is 0 Å². The van der Waals surface area contributed by atoms with Crippen molar-refractivity contribution < 1.29 is 19.1 Å². The summed E-state index contributed by atoms with van der Waals surface area (Å²) in [5.74, 6) is -0.304. The van der Waals surface area contributed by atoms with E-state index >= 15 is 0 Å². The molecule has 1 aromatic carbocycles. The largest absolute Gasteiger partial charge is 0.494 e. The van der Waals surface area contributed by atoms with Gasteiger partial charge in [0.25, 0.3) is 0 Å². The van der Waals surface area contributed by atoms with Crippen molar-refractivity contribution in [2.45, 2.75) is 0 Å². The summed E-state index contributed by atoms with van der Waals surface area (Å²) in [5, 5.41) is 0.197. The third kappa shape index (κ3) is 2.27. The van der Waals surface area contributed by atoms with Crippen molar-refractivity contribution in [3.8, 4) is 5.75 Å². The number of esters is 1. The van der Waals surface area contributed by atoms with E-state index in [1.165, 1.54) is 26.4 Å². The molecule has 0 aliphatic rings. The van der Waals surface area contributed by atoms with Crippen LogP contribution in [-0.4, -0.2) is 26.5 Å². The summed E-state index contributed by atoms with van der Waals surface area (Å²) in [4.78, 5) is 21.9. The molecule has 0 aliphatic heterocycles. The molecule has 0 atom stereocenters. The van der Waals surface area contributed by atoms with Crippen molar-refractivity contribution in [1.29, 1.82) is 0 Å². The number of ether oxygens (including phenoxy) is 2. The van der Waals surface area contributed by atoms with Gasteiger partial charge in [-0.1, -0.05) is 11.6 Å². The van der Waals surface area contributed by atoms with E-state index in [0.717, 1.165) is 0 Å². The summed E-state index contributed by atoms with van der Waals surface area (Å²) >= 11 is 5.82. The highest BCUT2D eigenvalue weighted by Gasteiger charge is 2.14.